The molecule has 76 valence electrons. The molecule has 0 aliphatic carbocycles. The molecule has 0 aliphatic heterocycles. The summed E-state index contributed by atoms with van der Waals surface area (Å²) in [6, 6.07) is 11.9. The lowest BCUT2D eigenvalue weighted by Gasteiger charge is -2.06. The third-order valence-electron chi connectivity index (χ3n) is 2.16. The summed E-state index contributed by atoms with van der Waals surface area (Å²) < 4.78 is 0. The van der Waals surface area contributed by atoms with Crippen LogP contribution in [0.2, 0.25) is 5.02 Å². The topological polar surface area (TPSA) is 12.9 Å². The highest BCUT2D eigenvalue weighted by Gasteiger charge is 2.07. The number of pyridine rings is 1. The fourth-order valence-electron chi connectivity index (χ4n) is 1.38. The molecule has 0 N–H and O–H groups in total. The van der Waals surface area contributed by atoms with Crippen molar-refractivity contribution in [2.75, 3.05) is 0 Å². The zero-order valence-corrected chi connectivity index (χ0v) is 10.3. The molecule has 0 bridgehead atoms. The molecule has 1 aromatic carbocycles. The van der Waals surface area contributed by atoms with Crippen molar-refractivity contribution in [3.8, 4) is 11.3 Å². The molecule has 0 spiro atoms. The van der Waals surface area contributed by atoms with Crippen molar-refractivity contribution in [1.29, 1.82) is 0 Å². The first kappa shape index (κ1) is 10.7. The molecule has 0 saturated heterocycles. The van der Waals surface area contributed by atoms with Gasteiger partial charge in [0.05, 0.1) is 10.7 Å². The zero-order valence-electron chi connectivity index (χ0n) is 7.95. The van der Waals surface area contributed by atoms with E-state index in [-0.39, 0.29) is 0 Å². The molecule has 2 aromatic rings. The molecule has 0 aliphatic rings. The Morgan fingerprint density at radius 3 is 2.53 bits per heavy atom. The van der Waals surface area contributed by atoms with Crippen LogP contribution < -0.4 is 0 Å². The smallest absolute Gasteiger partial charge is 0.0891 e. The SMILES string of the molecule is Clc1c(CBr)ccnc1-c1ccccc1. The average Bonchev–Trinajstić information content (AvgIpc) is 2.30. The van der Waals surface area contributed by atoms with Crippen LogP contribution in [0.15, 0.2) is 42.6 Å². The second kappa shape index (κ2) is 4.77. The van der Waals surface area contributed by atoms with Gasteiger partial charge in [0.25, 0.3) is 0 Å². The van der Waals surface area contributed by atoms with Gasteiger partial charge in [-0.15, -0.1) is 0 Å². The molecule has 0 saturated carbocycles. The summed E-state index contributed by atoms with van der Waals surface area (Å²) in [4.78, 5) is 4.30. The highest BCUT2D eigenvalue weighted by atomic mass is 79.9. The van der Waals surface area contributed by atoms with Crippen LogP contribution in [0.1, 0.15) is 5.56 Å². The van der Waals surface area contributed by atoms with E-state index >= 15 is 0 Å². The standard InChI is InChI=1S/C12H9BrClN/c13-8-10-6-7-15-12(11(10)14)9-4-2-1-3-5-9/h1-7H,8H2. The third-order valence-corrected chi connectivity index (χ3v) is 3.19. The van der Waals surface area contributed by atoms with Crippen LogP contribution in [0.4, 0.5) is 0 Å². The van der Waals surface area contributed by atoms with Gasteiger partial charge < -0.3 is 0 Å². The highest BCUT2D eigenvalue weighted by Crippen LogP contribution is 2.29. The van der Waals surface area contributed by atoms with Gasteiger partial charge in [0, 0.05) is 17.1 Å². The number of benzene rings is 1. The second-order valence-electron chi connectivity index (χ2n) is 3.13. The summed E-state index contributed by atoms with van der Waals surface area (Å²) in [5.41, 5.74) is 2.95. The minimum atomic E-state index is 0.723. The maximum absolute atomic E-state index is 6.25. The Morgan fingerprint density at radius 2 is 1.87 bits per heavy atom. The maximum Gasteiger partial charge on any atom is 0.0891 e. The van der Waals surface area contributed by atoms with Crippen LogP contribution in [0, 0.1) is 0 Å². The van der Waals surface area contributed by atoms with E-state index in [0.717, 1.165) is 27.2 Å². The molecule has 3 heteroatoms. The number of aromatic nitrogens is 1. The van der Waals surface area contributed by atoms with Crippen LogP contribution in [0.25, 0.3) is 11.3 Å². The molecule has 0 radical (unpaired) electrons. The summed E-state index contributed by atoms with van der Waals surface area (Å²) in [6.07, 6.45) is 1.78. The van der Waals surface area contributed by atoms with E-state index in [1.54, 1.807) is 6.20 Å². The number of hydrogen-bond donors (Lipinski definition) is 0. The maximum atomic E-state index is 6.25. The Kier molecular flexibility index (Phi) is 3.39. The van der Waals surface area contributed by atoms with Crippen LogP contribution in [-0.4, -0.2) is 4.98 Å². The predicted octanol–water partition coefficient (Wildman–Crippen LogP) is 4.30. The third kappa shape index (κ3) is 2.21. The van der Waals surface area contributed by atoms with Crippen LogP contribution in [0.3, 0.4) is 0 Å². The minimum absolute atomic E-state index is 0.723. The summed E-state index contributed by atoms with van der Waals surface area (Å²) in [6.45, 7) is 0. The predicted molar refractivity (Wildman–Crippen MR) is 67.3 cm³/mol. The van der Waals surface area contributed by atoms with Crippen LogP contribution in [-0.2, 0) is 5.33 Å². The molecule has 1 heterocycles. The van der Waals surface area contributed by atoms with Crippen molar-refractivity contribution in [2.45, 2.75) is 5.33 Å². The van der Waals surface area contributed by atoms with Gasteiger partial charge in [-0.1, -0.05) is 57.9 Å². The quantitative estimate of drug-likeness (QED) is 0.749. The Labute approximate surface area is 102 Å². The van der Waals surface area contributed by atoms with Crippen molar-refractivity contribution >= 4 is 27.5 Å². The zero-order chi connectivity index (χ0) is 10.7. The van der Waals surface area contributed by atoms with Gasteiger partial charge >= 0.3 is 0 Å². The first-order valence-corrected chi connectivity index (χ1v) is 6.07. The summed E-state index contributed by atoms with van der Waals surface area (Å²) >= 11 is 9.65. The minimum Gasteiger partial charge on any atom is -0.255 e. The fourth-order valence-corrected chi connectivity index (χ4v) is 2.30. The molecule has 0 atom stereocenters. The summed E-state index contributed by atoms with van der Waals surface area (Å²) in [5, 5.41) is 1.47. The van der Waals surface area contributed by atoms with Crippen molar-refractivity contribution in [3.63, 3.8) is 0 Å². The second-order valence-corrected chi connectivity index (χ2v) is 4.07. The number of hydrogen-bond acceptors (Lipinski definition) is 1. The van der Waals surface area contributed by atoms with Gasteiger partial charge in [-0.25, -0.2) is 0 Å². The Morgan fingerprint density at radius 1 is 1.13 bits per heavy atom. The lowest BCUT2D eigenvalue weighted by molar-refractivity contribution is 1.28. The van der Waals surface area contributed by atoms with Crippen molar-refractivity contribution in [1.82, 2.24) is 4.98 Å². The van der Waals surface area contributed by atoms with Gasteiger partial charge in [0.15, 0.2) is 0 Å². The Balaban J connectivity index is 2.54. The molecule has 0 amide bonds. The van der Waals surface area contributed by atoms with E-state index in [1.807, 2.05) is 36.4 Å². The lowest BCUT2D eigenvalue weighted by atomic mass is 10.1. The number of halogens is 2. The number of rotatable bonds is 2. The first-order valence-electron chi connectivity index (χ1n) is 4.57. The average molecular weight is 283 g/mol. The van der Waals surface area contributed by atoms with Gasteiger partial charge in [-0.2, -0.15) is 0 Å². The molecule has 1 aromatic heterocycles. The molecule has 2 rings (SSSR count). The monoisotopic (exact) mass is 281 g/mol. The lowest BCUT2D eigenvalue weighted by Crippen LogP contribution is -1.88. The van der Waals surface area contributed by atoms with E-state index in [1.165, 1.54) is 0 Å². The Hall–Kier alpha value is -0.860. The van der Waals surface area contributed by atoms with Gasteiger partial charge in [-0.05, 0) is 11.6 Å². The van der Waals surface area contributed by atoms with E-state index in [0.29, 0.717) is 0 Å². The molecule has 0 unspecified atom stereocenters. The van der Waals surface area contributed by atoms with Crippen LogP contribution >= 0.6 is 27.5 Å². The van der Waals surface area contributed by atoms with Crippen LogP contribution in [0.5, 0.6) is 0 Å². The van der Waals surface area contributed by atoms with Crippen molar-refractivity contribution < 1.29 is 0 Å². The Bertz CT molecular complexity index is 456. The molecular formula is C12H9BrClN. The van der Waals surface area contributed by atoms with Gasteiger partial charge in [0.1, 0.15) is 0 Å². The van der Waals surface area contributed by atoms with E-state index in [2.05, 4.69) is 20.9 Å². The first-order chi connectivity index (χ1) is 7.33. The van der Waals surface area contributed by atoms with Gasteiger partial charge in [0.2, 0.25) is 0 Å². The van der Waals surface area contributed by atoms with E-state index in [9.17, 15) is 0 Å². The fraction of sp³-hybridized carbons (Fsp3) is 0.0833. The van der Waals surface area contributed by atoms with E-state index < -0.39 is 0 Å². The highest BCUT2D eigenvalue weighted by molar-refractivity contribution is 9.08. The van der Waals surface area contributed by atoms with Gasteiger partial charge in [-0.3, -0.25) is 4.98 Å². The summed E-state index contributed by atoms with van der Waals surface area (Å²) in [5.74, 6) is 0. The van der Waals surface area contributed by atoms with Crippen molar-refractivity contribution in [3.05, 3.63) is 53.2 Å². The molecular weight excluding hydrogens is 273 g/mol. The van der Waals surface area contributed by atoms with Crippen molar-refractivity contribution in [2.24, 2.45) is 0 Å². The number of nitrogens with zero attached hydrogens (tertiary/aromatic N) is 1. The normalized spacial score (nSPS) is 10.3. The van der Waals surface area contributed by atoms with E-state index in [4.69, 9.17) is 11.6 Å². The molecule has 15 heavy (non-hydrogen) atoms. The number of alkyl halides is 1. The summed E-state index contributed by atoms with van der Waals surface area (Å²) in [7, 11) is 0. The molecule has 1 nitrogen and oxygen atoms in total. The largest absolute Gasteiger partial charge is 0.255 e. The molecule has 0 fully saturated rings.